The molecule has 1 atom stereocenters. The molecule has 1 fully saturated rings. The Bertz CT molecular complexity index is 571. The van der Waals surface area contributed by atoms with Gasteiger partial charge >= 0.3 is 0 Å². The van der Waals surface area contributed by atoms with Crippen molar-refractivity contribution in [3.8, 4) is 11.8 Å². The molecule has 4 heteroatoms. The van der Waals surface area contributed by atoms with E-state index < -0.39 is 0 Å². The van der Waals surface area contributed by atoms with Gasteiger partial charge in [-0.2, -0.15) is 0 Å². The first kappa shape index (κ1) is 16.4. The van der Waals surface area contributed by atoms with Crippen molar-refractivity contribution in [3.05, 3.63) is 23.9 Å². The second kappa shape index (κ2) is 7.84. The highest BCUT2D eigenvalue weighted by atomic mass is 16.2. The van der Waals surface area contributed by atoms with Crippen LogP contribution in [-0.4, -0.2) is 42.5 Å². The fourth-order valence-electron chi connectivity index (χ4n) is 2.92. The predicted molar refractivity (Wildman–Crippen MR) is 89.7 cm³/mol. The van der Waals surface area contributed by atoms with E-state index >= 15 is 0 Å². The maximum absolute atomic E-state index is 12.1. The number of aryl methyl sites for hydroxylation is 1. The van der Waals surface area contributed by atoms with Gasteiger partial charge < -0.3 is 9.80 Å². The highest BCUT2D eigenvalue weighted by molar-refractivity contribution is 5.93. The average Bonchev–Trinajstić information content (AvgIpc) is 2.53. The number of hydrogen-bond donors (Lipinski definition) is 0. The van der Waals surface area contributed by atoms with E-state index in [4.69, 9.17) is 0 Å². The molecule has 1 aliphatic rings. The molecule has 118 valence electrons. The van der Waals surface area contributed by atoms with Crippen LogP contribution in [0.1, 0.15) is 38.3 Å². The van der Waals surface area contributed by atoms with Crippen molar-refractivity contribution in [3.63, 3.8) is 0 Å². The zero-order valence-corrected chi connectivity index (χ0v) is 13.8. The fourth-order valence-corrected chi connectivity index (χ4v) is 2.92. The van der Waals surface area contributed by atoms with Crippen molar-refractivity contribution in [2.45, 2.75) is 45.1 Å². The molecular formula is C18H25N3O. The zero-order chi connectivity index (χ0) is 15.9. The molecule has 22 heavy (non-hydrogen) atoms. The summed E-state index contributed by atoms with van der Waals surface area (Å²) >= 11 is 0. The summed E-state index contributed by atoms with van der Waals surface area (Å²) in [4.78, 5) is 20.7. The van der Waals surface area contributed by atoms with Gasteiger partial charge in [0.2, 0.25) is 0 Å². The zero-order valence-electron chi connectivity index (χ0n) is 13.8. The van der Waals surface area contributed by atoms with Crippen LogP contribution >= 0.6 is 0 Å². The number of aromatic nitrogens is 1. The van der Waals surface area contributed by atoms with Crippen molar-refractivity contribution < 1.29 is 4.79 Å². The monoisotopic (exact) mass is 299 g/mol. The lowest BCUT2D eigenvalue weighted by Crippen LogP contribution is -2.43. The lowest BCUT2D eigenvalue weighted by Gasteiger charge is -2.34. The predicted octanol–water partition coefficient (Wildman–Crippen LogP) is 2.48. The molecule has 0 saturated carbocycles. The standard InChI is InChI=1S/C18H25N3O/c1-4-8-18(22)21-14-6-5-10-16(21)13-12-15-9-7-11-17(19-15)20(2)3/h7,9,11,16H,5-6,10,12-14H2,1-3H3. The molecule has 1 aromatic rings. The number of likely N-dealkylation sites (tertiary alicyclic amines) is 1. The summed E-state index contributed by atoms with van der Waals surface area (Å²) in [5.41, 5.74) is 1.09. The van der Waals surface area contributed by atoms with Crippen molar-refractivity contribution in [1.82, 2.24) is 9.88 Å². The van der Waals surface area contributed by atoms with Gasteiger partial charge in [-0.05, 0) is 57.1 Å². The van der Waals surface area contributed by atoms with Gasteiger partial charge in [-0.15, -0.1) is 0 Å². The number of carbonyl (C=O) groups is 1. The Labute approximate surface area is 133 Å². The van der Waals surface area contributed by atoms with E-state index in [-0.39, 0.29) is 5.91 Å². The van der Waals surface area contributed by atoms with Crippen molar-refractivity contribution in [2.24, 2.45) is 0 Å². The summed E-state index contributed by atoms with van der Waals surface area (Å²) in [5.74, 6) is 6.35. The molecule has 4 nitrogen and oxygen atoms in total. The molecule has 1 aliphatic heterocycles. The summed E-state index contributed by atoms with van der Waals surface area (Å²) in [6.45, 7) is 2.55. The number of nitrogens with zero attached hydrogens (tertiary/aromatic N) is 3. The summed E-state index contributed by atoms with van der Waals surface area (Å²) in [6, 6.07) is 6.42. The number of anilines is 1. The lowest BCUT2D eigenvalue weighted by molar-refractivity contribution is -0.128. The van der Waals surface area contributed by atoms with E-state index in [9.17, 15) is 4.79 Å². The molecule has 0 aliphatic carbocycles. The second-order valence-corrected chi connectivity index (χ2v) is 5.94. The molecule has 1 saturated heterocycles. The average molecular weight is 299 g/mol. The Morgan fingerprint density at radius 2 is 2.23 bits per heavy atom. The SMILES string of the molecule is CC#CC(=O)N1CCCCC1CCc1cccc(N(C)C)n1. The Morgan fingerprint density at radius 1 is 1.41 bits per heavy atom. The van der Waals surface area contributed by atoms with Crippen LogP contribution in [0.15, 0.2) is 18.2 Å². The normalized spacial score (nSPS) is 17.6. The number of pyridine rings is 1. The van der Waals surface area contributed by atoms with E-state index in [1.54, 1.807) is 6.92 Å². The van der Waals surface area contributed by atoms with Crippen molar-refractivity contribution >= 4 is 11.7 Å². The Morgan fingerprint density at radius 3 is 2.95 bits per heavy atom. The molecule has 0 N–H and O–H groups in total. The van der Waals surface area contributed by atoms with Gasteiger partial charge in [0.1, 0.15) is 5.82 Å². The topological polar surface area (TPSA) is 36.4 Å². The van der Waals surface area contributed by atoms with Gasteiger partial charge in [-0.3, -0.25) is 4.79 Å². The van der Waals surface area contributed by atoms with Crippen LogP contribution in [0, 0.1) is 11.8 Å². The number of carbonyl (C=O) groups excluding carboxylic acids is 1. The Kier molecular flexibility index (Phi) is 5.83. The van der Waals surface area contributed by atoms with Crippen molar-refractivity contribution in [1.29, 1.82) is 0 Å². The van der Waals surface area contributed by atoms with E-state index in [0.29, 0.717) is 6.04 Å². The highest BCUT2D eigenvalue weighted by Crippen LogP contribution is 2.21. The molecule has 0 aromatic carbocycles. The van der Waals surface area contributed by atoms with E-state index in [1.807, 2.05) is 36.0 Å². The van der Waals surface area contributed by atoms with Crippen LogP contribution < -0.4 is 4.90 Å². The first-order valence-electron chi connectivity index (χ1n) is 7.98. The molecule has 1 unspecified atom stereocenters. The third-order valence-electron chi connectivity index (χ3n) is 4.10. The largest absolute Gasteiger partial charge is 0.363 e. The number of hydrogen-bond acceptors (Lipinski definition) is 3. The fraction of sp³-hybridized carbons (Fsp3) is 0.556. The molecular weight excluding hydrogens is 274 g/mol. The van der Waals surface area contributed by atoms with Crippen LogP contribution in [0.3, 0.4) is 0 Å². The third-order valence-corrected chi connectivity index (χ3v) is 4.10. The maximum atomic E-state index is 12.1. The van der Waals surface area contributed by atoms with Gasteiger partial charge in [0.05, 0.1) is 0 Å². The molecule has 2 rings (SSSR count). The summed E-state index contributed by atoms with van der Waals surface area (Å²) in [6.07, 6.45) is 5.21. The van der Waals surface area contributed by atoms with Gasteiger partial charge in [-0.25, -0.2) is 4.98 Å². The first-order chi connectivity index (χ1) is 10.6. The Hall–Kier alpha value is -2.02. The minimum atomic E-state index is -0.0257. The molecule has 1 aromatic heterocycles. The van der Waals surface area contributed by atoms with E-state index in [0.717, 1.165) is 43.7 Å². The molecule has 0 spiro atoms. The van der Waals surface area contributed by atoms with E-state index in [2.05, 4.69) is 22.9 Å². The minimum absolute atomic E-state index is 0.0257. The molecule has 2 heterocycles. The van der Waals surface area contributed by atoms with Crippen LogP contribution in [0.2, 0.25) is 0 Å². The smallest absolute Gasteiger partial charge is 0.298 e. The minimum Gasteiger partial charge on any atom is -0.363 e. The van der Waals surface area contributed by atoms with Crippen LogP contribution in [-0.2, 0) is 11.2 Å². The van der Waals surface area contributed by atoms with Crippen LogP contribution in [0.4, 0.5) is 5.82 Å². The number of rotatable bonds is 4. The van der Waals surface area contributed by atoms with Crippen LogP contribution in [0.5, 0.6) is 0 Å². The number of amides is 1. The summed E-state index contributed by atoms with van der Waals surface area (Å²) < 4.78 is 0. The maximum Gasteiger partial charge on any atom is 0.298 e. The highest BCUT2D eigenvalue weighted by Gasteiger charge is 2.25. The molecule has 1 amide bonds. The van der Waals surface area contributed by atoms with Gasteiger partial charge in [-0.1, -0.05) is 12.0 Å². The van der Waals surface area contributed by atoms with Gasteiger partial charge in [0.25, 0.3) is 5.91 Å². The summed E-state index contributed by atoms with van der Waals surface area (Å²) in [7, 11) is 3.99. The third kappa shape index (κ3) is 4.24. The second-order valence-electron chi connectivity index (χ2n) is 5.94. The quantitative estimate of drug-likeness (QED) is 0.802. The lowest BCUT2D eigenvalue weighted by atomic mass is 9.97. The van der Waals surface area contributed by atoms with Gasteiger partial charge in [0.15, 0.2) is 0 Å². The van der Waals surface area contributed by atoms with E-state index in [1.165, 1.54) is 6.42 Å². The molecule has 0 bridgehead atoms. The van der Waals surface area contributed by atoms with Crippen molar-refractivity contribution in [2.75, 3.05) is 25.5 Å². The molecule has 0 radical (unpaired) electrons. The summed E-state index contributed by atoms with van der Waals surface area (Å²) in [5, 5.41) is 0. The Balaban J connectivity index is 2.00. The van der Waals surface area contributed by atoms with Crippen LogP contribution in [0.25, 0.3) is 0 Å². The number of piperidine rings is 1. The van der Waals surface area contributed by atoms with Gasteiger partial charge in [0, 0.05) is 32.4 Å². The first-order valence-corrected chi connectivity index (χ1v) is 7.98.